The van der Waals surface area contributed by atoms with Crippen molar-refractivity contribution in [2.45, 2.75) is 25.9 Å². The molecular formula is C18H16F4. The van der Waals surface area contributed by atoms with Crippen LogP contribution in [0.25, 0.3) is 17.0 Å². The van der Waals surface area contributed by atoms with E-state index in [-0.39, 0.29) is 11.6 Å². The van der Waals surface area contributed by atoms with E-state index in [1.54, 1.807) is 12.1 Å². The molecule has 116 valence electrons. The van der Waals surface area contributed by atoms with Crippen LogP contribution in [0.2, 0.25) is 0 Å². The average molecular weight is 308 g/mol. The summed E-state index contributed by atoms with van der Waals surface area (Å²) < 4.78 is 49.8. The maximum absolute atomic E-state index is 13.4. The predicted octanol–water partition coefficient (Wildman–Crippen LogP) is 6.18. The van der Waals surface area contributed by atoms with Crippen molar-refractivity contribution in [2.75, 3.05) is 0 Å². The van der Waals surface area contributed by atoms with Gasteiger partial charge in [0.25, 0.3) is 0 Å². The van der Waals surface area contributed by atoms with E-state index in [1.807, 2.05) is 24.3 Å². The first-order valence-electron chi connectivity index (χ1n) is 7.04. The van der Waals surface area contributed by atoms with Gasteiger partial charge in [-0.1, -0.05) is 61.9 Å². The van der Waals surface area contributed by atoms with Crippen LogP contribution in [0, 0.1) is 0 Å². The molecule has 0 aliphatic heterocycles. The zero-order chi connectivity index (χ0) is 16.2. The molecule has 0 bridgehead atoms. The molecule has 0 amide bonds. The Morgan fingerprint density at radius 3 is 1.86 bits per heavy atom. The van der Waals surface area contributed by atoms with E-state index >= 15 is 0 Å². The Hall–Kier alpha value is -2.10. The van der Waals surface area contributed by atoms with Gasteiger partial charge in [0.05, 0.1) is 6.08 Å². The summed E-state index contributed by atoms with van der Waals surface area (Å²) in [4.78, 5) is 0. The number of allylic oxidation sites excluding steroid dienone is 1. The monoisotopic (exact) mass is 308 g/mol. The molecule has 4 heteroatoms. The van der Waals surface area contributed by atoms with Crippen molar-refractivity contribution in [3.8, 4) is 11.1 Å². The third kappa shape index (κ3) is 4.45. The number of hydrogen-bond donors (Lipinski definition) is 0. The van der Waals surface area contributed by atoms with Crippen molar-refractivity contribution in [3.63, 3.8) is 0 Å². The molecule has 0 saturated carbocycles. The van der Waals surface area contributed by atoms with Crippen LogP contribution >= 0.6 is 0 Å². The second-order valence-corrected chi connectivity index (χ2v) is 5.06. The van der Waals surface area contributed by atoms with Gasteiger partial charge in [-0.3, -0.25) is 0 Å². The fourth-order valence-electron chi connectivity index (χ4n) is 2.20. The second kappa shape index (κ2) is 6.77. The van der Waals surface area contributed by atoms with Crippen molar-refractivity contribution in [1.29, 1.82) is 0 Å². The maximum atomic E-state index is 13.4. The second-order valence-electron chi connectivity index (χ2n) is 5.06. The molecule has 2 rings (SSSR count). The molecule has 0 aromatic heterocycles. The molecule has 0 spiro atoms. The molecule has 0 atom stereocenters. The molecule has 22 heavy (non-hydrogen) atoms. The van der Waals surface area contributed by atoms with E-state index in [4.69, 9.17) is 0 Å². The van der Waals surface area contributed by atoms with Gasteiger partial charge in [0.1, 0.15) is 5.83 Å². The van der Waals surface area contributed by atoms with Crippen molar-refractivity contribution in [3.05, 3.63) is 65.7 Å². The summed E-state index contributed by atoms with van der Waals surface area (Å²) >= 11 is 0. The Morgan fingerprint density at radius 2 is 1.41 bits per heavy atom. The smallest absolute Gasteiger partial charge is 0.206 e. The van der Waals surface area contributed by atoms with Crippen molar-refractivity contribution >= 4 is 5.83 Å². The third-order valence-electron chi connectivity index (χ3n) is 3.28. The van der Waals surface area contributed by atoms with E-state index < -0.39 is 12.0 Å². The minimum absolute atomic E-state index is 0.0799. The highest BCUT2D eigenvalue weighted by Gasteiger charge is 2.25. The van der Waals surface area contributed by atoms with Gasteiger partial charge in [-0.15, -0.1) is 0 Å². The van der Waals surface area contributed by atoms with Gasteiger partial charge in [-0.2, -0.15) is 13.2 Å². The fourth-order valence-corrected chi connectivity index (χ4v) is 2.20. The van der Waals surface area contributed by atoms with Crippen molar-refractivity contribution < 1.29 is 17.6 Å². The van der Waals surface area contributed by atoms with Crippen LogP contribution in [0.5, 0.6) is 0 Å². The number of benzene rings is 2. The number of halogens is 4. The SMILES string of the molecule is CCCc1ccc(-c2ccc(C(F)=CC(F)(F)F)cc2)cc1. The van der Waals surface area contributed by atoms with Gasteiger partial charge < -0.3 is 0 Å². The Kier molecular flexibility index (Phi) is 5.01. The molecule has 0 fully saturated rings. The van der Waals surface area contributed by atoms with Crippen LogP contribution in [0.3, 0.4) is 0 Å². The minimum atomic E-state index is -4.65. The minimum Gasteiger partial charge on any atom is -0.206 e. The molecule has 2 aromatic rings. The summed E-state index contributed by atoms with van der Waals surface area (Å²) in [7, 11) is 0. The van der Waals surface area contributed by atoms with Crippen LogP contribution in [-0.4, -0.2) is 6.18 Å². The molecule has 0 aliphatic carbocycles. The summed E-state index contributed by atoms with van der Waals surface area (Å²) in [6, 6.07) is 13.9. The van der Waals surface area contributed by atoms with E-state index in [0.717, 1.165) is 24.0 Å². The highest BCUT2D eigenvalue weighted by Crippen LogP contribution is 2.27. The highest BCUT2D eigenvalue weighted by atomic mass is 19.4. The zero-order valence-corrected chi connectivity index (χ0v) is 12.1. The largest absolute Gasteiger partial charge is 0.412 e. The fraction of sp³-hybridized carbons (Fsp3) is 0.222. The lowest BCUT2D eigenvalue weighted by atomic mass is 10.0. The molecule has 0 radical (unpaired) electrons. The lowest BCUT2D eigenvalue weighted by Gasteiger charge is -2.06. The van der Waals surface area contributed by atoms with Crippen LogP contribution in [0.15, 0.2) is 54.6 Å². The Bertz CT molecular complexity index is 634. The molecule has 0 nitrogen and oxygen atoms in total. The molecule has 0 heterocycles. The summed E-state index contributed by atoms with van der Waals surface area (Å²) in [5.74, 6) is -1.28. The van der Waals surface area contributed by atoms with Crippen LogP contribution in [0.1, 0.15) is 24.5 Å². The van der Waals surface area contributed by atoms with Crippen LogP contribution in [-0.2, 0) is 6.42 Å². The van der Waals surface area contributed by atoms with Crippen molar-refractivity contribution in [1.82, 2.24) is 0 Å². The number of rotatable bonds is 4. The quantitative estimate of drug-likeness (QED) is 0.592. The predicted molar refractivity (Wildman–Crippen MR) is 81.0 cm³/mol. The summed E-state index contributed by atoms with van der Waals surface area (Å²) in [6.45, 7) is 2.11. The van der Waals surface area contributed by atoms with Gasteiger partial charge in [-0.25, -0.2) is 4.39 Å². The highest BCUT2D eigenvalue weighted by molar-refractivity contribution is 5.68. The van der Waals surface area contributed by atoms with Gasteiger partial charge in [-0.05, 0) is 23.1 Å². The van der Waals surface area contributed by atoms with E-state index in [0.29, 0.717) is 0 Å². The Morgan fingerprint density at radius 1 is 0.909 bits per heavy atom. The molecule has 2 aromatic carbocycles. The first-order chi connectivity index (χ1) is 10.4. The lowest BCUT2D eigenvalue weighted by molar-refractivity contribution is -0.0798. The molecule has 0 unspecified atom stereocenters. The Labute approximate surface area is 127 Å². The van der Waals surface area contributed by atoms with Crippen molar-refractivity contribution in [2.24, 2.45) is 0 Å². The van der Waals surface area contributed by atoms with Crippen LogP contribution in [0.4, 0.5) is 17.6 Å². The maximum Gasteiger partial charge on any atom is 0.412 e. The topological polar surface area (TPSA) is 0 Å². The molecule has 0 saturated heterocycles. The van der Waals surface area contributed by atoms with Gasteiger partial charge >= 0.3 is 6.18 Å². The van der Waals surface area contributed by atoms with Gasteiger partial charge in [0.2, 0.25) is 0 Å². The van der Waals surface area contributed by atoms with E-state index in [2.05, 4.69) is 6.92 Å². The molecular weight excluding hydrogens is 292 g/mol. The number of aryl methyl sites for hydroxylation is 1. The number of alkyl halides is 3. The van der Waals surface area contributed by atoms with E-state index in [1.165, 1.54) is 17.7 Å². The summed E-state index contributed by atoms with van der Waals surface area (Å²) in [5.41, 5.74) is 2.95. The first-order valence-corrected chi connectivity index (χ1v) is 7.04. The standard InChI is InChI=1S/C18H16F4/c1-2-3-13-4-6-14(7-5-13)15-8-10-16(11-9-15)17(19)12-18(20,21)22/h4-12H,2-3H2,1H3. The van der Waals surface area contributed by atoms with Gasteiger partial charge in [0, 0.05) is 5.56 Å². The summed E-state index contributed by atoms with van der Waals surface area (Å²) in [6.07, 6.45) is -2.91. The molecule has 0 N–H and O–H groups in total. The average Bonchev–Trinajstić information content (AvgIpc) is 2.47. The van der Waals surface area contributed by atoms with E-state index in [9.17, 15) is 17.6 Å². The summed E-state index contributed by atoms with van der Waals surface area (Å²) in [5, 5.41) is 0. The normalized spacial score (nSPS) is 12.5. The molecule has 0 aliphatic rings. The Balaban J connectivity index is 2.20. The zero-order valence-electron chi connectivity index (χ0n) is 12.1. The van der Waals surface area contributed by atoms with Gasteiger partial charge in [0.15, 0.2) is 0 Å². The lowest BCUT2D eigenvalue weighted by Crippen LogP contribution is -2.01. The third-order valence-corrected chi connectivity index (χ3v) is 3.28. The number of hydrogen-bond acceptors (Lipinski definition) is 0. The first kappa shape index (κ1) is 16.3. The van der Waals surface area contributed by atoms with Crippen LogP contribution < -0.4 is 0 Å².